The van der Waals surface area contributed by atoms with Gasteiger partial charge in [-0.15, -0.1) is 0 Å². The highest BCUT2D eigenvalue weighted by Gasteiger charge is 2.46. The first-order chi connectivity index (χ1) is 45.8. The number of aliphatic hydroxyl groups excluding tert-OH is 1. The van der Waals surface area contributed by atoms with Gasteiger partial charge in [0.05, 0.1) is 17.4 Å². The molecule has 0 aromatic heterocycles. The zero-order valence-electron chi connectivity index (χ0n) is 60.5. The van der Waals surface area contributed by atoms with Gasteiger partial charge in [-0.05, 0) is 167 Å². The van der Waals surface area contributed by atoms with Crippen LogP contribution in [0.4, 0.5) is 27.5 Å². The first-order valence-electron chi connectivity index (χ1n) is 35.9. The number of allylic oxidation sites excluding steroid dienone is 15. The van der Waals surface area contributed by atoms with Crippen LogP contribution in [0.25, 0.3) is 0 Å². The van der Waals surface area contributed by atoms with Crippen molar-refractivity contribution in [3.63, 3.8) is 0 Å². The van der Waals surface area contributed by atoms with Crippen molar-refractivity contribution in [2.45, 2.75) is 188 Å². The van der Waals surface area contributed by atoms with Crippen LogP contribution in [0, 0.1) is 0 Å². The zero-order chi connectivity index (χ0) is 67.5. The number of amides is 1. The van der Waals surface area contributed by atoms with E-state index in [9.17, 15) is 9.90 Å². The molecule has 516 valence electrons. The molecule has 97 heavy (non-hydrogen) atoms. The second-order valence-electron chi connectivity index (χ2n) is 28.8. The first kappa shape index (κ1) is 76.2. The molecule has 6 aliphatic rings. The van der Waals surface area contributed by atoms with Crippen molar-refractivity contribution in [3.05, 3.63) is 249 Å². The number of hydrogen-bond donors (Lipinski definition) is 1. The maximum absolute atomic E-state index is 12.9. The van der Waals surface area contributed by atoms with Gasteiger partial charge in [0, 0.05) is 109 Å². The number of benzene rings is 5. The molecule has 0 unspecified atom stereocenters. The Morgan fingerprint density at radius 3 is 1.49 bits per heavy atom. The quantitative estimate of drug-likeness (QED) is 0.0519. The van der Waals surface area contributed by atoms with Gasteiger partial charge in [0.2, 0.25) is 11.4 Å². The minimum atomic E-state index is -0.356. The summed E-state index contributed by atoms with van der Waals surface area (Å²) in [7, 11) is 1.77. The fourth-order valence-corrected chi connectivity index (χ4v) is 15.7. The predicted molar refractivity (Wildman–Crippen MR) is 397 cm³/mol. The van der Waals surface area contributed by atoms with E-state index in [0.717, 1.165) is 115 Å². The summed E-state index contributed by atoms with van der Waals surface area (Å²) in [6, 6.07) is 45.2. The summed E-state index contributed by atoms with van der Waals surface area (Å²) in [5, 5.41) is 9.81. The van der Waals surface area contributed by atoms with E-state index in [1.54, 1.807) is 11.9 Å². The van der Waals surface area contributed by atoms with Crippen LogP contribution in [0.2, 0.25) is 0 Å². The number of hydrogen-bond acceptors (Lipinski definition) is 6. The molecule has 0 fully saturated rings. The lowest BCUT2D eigenvalue weighted by molar-refractivity contribution is -0.437. The van der Waals surface area contributed by atoms with Crippen LogP contribution in [-0.4, -0.2) is 89.7 Å². The van der Waals surface area contributed by atoms with E-state index >= 15 is 0 Å². The molecule has 5 aromatic rings. The number of fused-ring (bicyclic) bond motifs is 4. The Kier molecular flexibility index (Phi) is 26.7. The van der Waals surface area contributed by atoms with Crippen LogP contribution in [0.15, 0.2) is 221 Å². The molecule has 0 radical (unpaired) electrons. The molecule has 0 bridgehead atoms. The number of rotatable bonds is 23. The molecule has 9 nitrogen and oxygen atoms in total. The summed E-state index contributed by atoms with van der Waals surface area (Å²) < 4.78 is 17.4. The molecule has 0 saturated heterocycles. The summed E-state index contributed by atoms with van der Waals surface area (Å²) >= 11 is 0. The van der Waals surface area contributed by atoms with Gasteiger partial charge >= 0.3 is 6.09 Å². The topological polar surface area (TPSA) is 71.5 Å². The molecule has 5 aromatic carbocycles. The highest BCUT2D eigenvalue weighted by atomic mass is 127. The van der Waals surface area contributed by atoms with Crippen LogP contribution < -0.4 is 57.8 Å². The van der Waals surface area contributed by atoms with Gasteiger partial charge < -0.3 is 77.2 Å². The SMILES string of the molecule is CCCN1/C(=C/C=C2\CCCC(/C=C/C3=[N+](CCC)c4ccccc4C3(C)C)=C2CCCO)C(C)(C)c2ccccc21.CCCN1/C(=C/C=C2\CCCC(/C=C/C3=[N+](CCC)c4ccccc4C3(C)C)=C2OCCN(C)C(=O)OCc2ccccc2)C(C)(C)c2ccccc21.[I-].[I-]. The van der Waals surface area contributed by atoms with E-state index in [2.05, 4.69) is 248 Å². The Labute approximate surface area is 617 Å². The van der Waals surface area contributed by atoms with E-state index in [-0.39, 0.29) is 88.9 Å². The number of likely N-dealkylation sites (N-methyl/N-ethyl adjacent to an activating group) is 1. The van der Waals surface area contributed by atoms with E-state index in [4.69, 9.17) is 9.47 Å². The summed E-state index contributed by atoms with van der Waals surface area (Å²) in [5.41, 5.74) is 23.7. The Hall–Kier alpha value is -6.55. The number of halogens is 2. The molecule has 4 aliphatic heterocycles. The highest BCUT2D eigenvalue weighted by Crippen LogP contribution is 2.50. The van der Waals surface area contributed by atoms with Gasteiger partial charge in [0.1, 0.15) is 32.1 Å². The number of aliphatic hydroxyl groups is 1. The van der Waals surface area contributed by atoms with Gasteiger partial charge in [0.15, 0.2) is 11.4 Å². The van der Waals surface area contributed by atoms with Crippen LogP contribution in [0.1, 0.15) is 188 Å². The summed E-state index contributed by atoms with van der Waals surface area (Å²) in [6.07, 6.45) is 30.9. The molecule has 2 aliphatic carbocycles. The maximum Gasteiger partial charge on any atom is 0.409 e. The van der Waals surface area contributed by atoms with Crippen molar-refractivity contribution < 1.29 is 76.5 Å². The van der Waals surface area contributed by atoms with Crippen LogP contribution in [0.3, 0.4) is 0 Å². The fourth-order valence-electron chi connectivity index (χ4n) is 15.7. The predicted octanol–water partition coefficient (Wildman–Crippen LogP) is 14.1. The third kappa shape index (κ3) is 16.4. The molecule has 1 amide bonds. The van der Waals surface area contributed by atoms with E-state index < -0.39 is 0 Å². The second-order valence-corrected chi connectivity index (χ2v) is 28.8. The third-order valence-corrected chi connectivity index (χ3v) is 20.7. The monoisotopic (exact) mass is 1530 g/mol. The largest absolute Gasteiger partial charge is 1.00 e. The molecular formula is C86H109I2N5O4. The molecular weight excluding hydrogens is 1420 g/mol. The average molecular weight is 1530 g/mol. The van der Waals surface area contributed by atoms with Crippen molar-refractivity contribution >= 4 is 40.3 Å². The van der Waals surface area contributed by atoms with Crippen LogP contribution in [-0.2, 0) is 37.7 Å². The Balaban J connectivity index is 0.000000249. The van der Waals surface area contributed by atoms with E-state index in [1.807, 2.05) is 30.3 Å². The molecule has 4 heterocycles. The number of carbonyl (C=O) groups is 1. The number of nitrogens with zero attached hydrogens (tertiary/aromatic N) is 5. The Morgan fingerprint density at radius 1 is 0.536 bits per heavy atom. The minimum absolute atomic E-state index is 0. The van der Waals surface area contributed by atoms with Crippen molar-refractivity contribution in [2.75, 3.05) is 62.8 Å². The van der Waals surface area contributed by atoms with Gasteiger partial charge in [0.25, 0.3) is 0 Å². The summed E-state index contributed by atoms with van der Waals surface area (Å²) in [6.45, 7) is 33.1. The number of carbonyl (C=O) groups excluding carboxylic acids is 1. The summed E-state index contributed by atoms with van der Waals surface area (Å²) in [5.74, 6) is 0.932. The van der Waals surface area contributed by atoms with Crippen molar-refractivity contribution in [1.29, 1.82) is 0 Å². The smallest absolute Gasteiger partial charge is 0.409 e. The van der Waals surface area contributed by atoms with Gasteiger partial charge in [-0.3, -0.25) is 0 Å². The van der Waals surface area contributed by atoms with E-state index in [0.29, 0.717) is 13.2 Å². The Morgan fingerprint density at radius 2 is 0.990 bits per heavy atom. The number of ether oxygens (including phenoxy) is 2. The zero-order valence-corrected chi connectivity index (χ0v) is 64.9. The molecule has 0 spiro atoms. The van der Waals surface area contributed by atoms with E-state index in [1.165, 1.54) is 95.7 Å². The number of para-hydroxylation sites is 4. The van der Waals surface area contributed by atoms with Crippen molar-refractivity contribution in [2.24, 2.45) is 0 Å². The lowest BCUT2D eigenvalue weighted by Gasteiger charge is -2.27. The minimum Gasteiger partial charge on any atom is -1.00 e. The Bertz CT molecular complexity index is 3920. The second kappa shape index (κ2) is 34.0. The summed E-state index contributed by atoms with van der Waals surface area (Å²) in [4.78, 5) is 19.5. The molecule has 0 saturated carbocycles. The molecule has 0 atom stereocenters. The van der Waals surface area contributed by atoms with Crippen LogP contribution in [0.5, 0.6) is 0 Å². The third-order valence-electron chi connectivity index (χ3n) is 20.7. The molecule has 11 heteroatoms. The first-order valence-corrected chi connectivity index (χ1v) is 35.9. The van der Waals surface area contributed by atoms with Crippen LogP contribution >= 0.6 is 0 Å². The number of anilines is 2. The van der Waals surface area contributed by atoms with Gasteiger partial charge in [-0.25, -0.2) is 4.79 Å². The highest BCUT2D eigenvalue weighted by molar-refractivity contribution is 6.04. The van der Waals surface area contributed by atoms with Gasteiger partial charge in [-0.1, -0.05) is 177 Å². The molecule has 11 rings (SSSR count). The van der Waals surface area contributed by atoms with Crippen molar-refractivity contribution in [3.8, 4) is 0 Å². The average Bonchev–Trinajstić information content (AvgIpc) is 1.63. The van der Waals surface area contributed by atoms with Crippen molar-refractivity contribution in [1.82, 2.24) is 4.90 Å². The maximum atomic E-state index is 12.9. The normalized spacial score (nSPS) is 19.6. The molecule has 1 N–H and O–H groups in total. The standard InChI is InChI=1S/C47H58N3O3.C39H51N2O.2HI/c1-8-30-49-40-24-15-13-22-38(40)46(3,4)42(49)28-26-36-20-17-21-37(27-29-43-47(5,6)39-23-14-16-25-41(39)50(43)31-9-2)44(36)52-33-32-48(7)45(51)53-34-35-18-11-10-12-19-35;1-7-26-40-34-20-11-9-18-32(34)38(3,4)36(40)24-22-29-15-13-16-30(31(29)17-14-28-42)23-25-37-39(5,6)33-19-10-12-21-35(33)41(37)27-8-2;;/h10-16,18-19,22-29H,8-9,17,20-21,30-34H2,1-7H3;9-12,18-25,42H,7-8,13-17,26-28H2,1-6H3;2*1H/q2*+1;;/p-2. The van der Waals surface area contributed by atoms with Gasteiger partial charge in [-0.2, -0.15) is 9.15 Å². The fraction of sp³-hybridized carbons (Fsp3) is 0.430. The lowest BCUT2D eigenvalue weighted by atomic mass is 9.80. The lowest BCUT2D eigenvalue weighted by Crippen LogP contribution is -3.00.